The number of carboxylic acid groups (broad SMARTS) is 1. The summed E-state index contributed by atoms with van der Waals surface area (Å²) in [5, 5.41) is 13.9. The summed E-state index contributed by atoms with van der Waals surface area (Å²) < 4.78 is 0. The molecule has 0 unspecified atom stereocenters. The molecule has 7 nitrogen and oxygen atoms in total. The summed E-state index contributed by atoms with van der Waals surface area (Å²) in [6, 6.07) is 5.01. The van der Waals surface area contributed by atoms with Gasteiger partial charge >= 0.3 is 5.97 Å². The maximum absolute atomic E-state index is 12.7. The number of benzene rings is 1. The Bertz CT molecular complexity index is 880. The lowest BCUT2D eigenvalue weighted by Crippen LogP contribution is -2.35. The average molecular weight is 421 g/mol. The Hall–Kier alpha value is -2.38. The zero-order valence-electron chi connectivity index (χ0n) is 16.7. The van der Waals surface area contributed by atoms with Gasteiger partial charge in [0.05, 0.1) is 30.4 Å². The standard InChI is InChI=1S/C21H25ClN2O5/c1-12-4-7-15(19(26)27)16(8-12)18(25)23-14-6-5-13(17(22)9-14)10-24-20(28)21(2,3)11-29-24/h4-6,9,15-16H,7-8,10-11H2,1-3H3,(H,23,25)(H,26,27)/t15-,16-/m0/s1. The molecule has 1 aliphatic carbocycles. The fraction of sp³-hybridized carbons (Fsp3) is 0.476. The number of nitrogens with zero attached hydrogens (tertiary/aromatic N) is 1. The first-order valence-electron chi connectivity index (χ1n) is 9.51. The van der Waals surface area contributed by atoms with Gasteiger partial charge in [-0.25, -0.2) is 5.06 Å². The second kappa shape index (κ2) is 8.16. The van der Waals surface area contributed by atoms with Crippen molar-refractivity contribution in [1.82, 2.24) is 5.06 Å². The fourth-order valence-electron chi connectivity index (χ4n) is 3.57. The van der Waals surface area contributed by atoms with Gasteiger partial charge in [0.2, 0.25) is 5.91 Å². The van der Waals surface area contributed by atoms with E-state index in [0.717, 1.165) is 5.57 Å². The molecule has 29 heavy (non-hydrogen) atoms. The van der Waals surface area contributed by atoms with E-state index in [4.69, 9.17) is 16.4 Å². The summed E-state index contributed by atoms with van der Waals surface area (Å²) in [4.78, 5) is 41.9. The molecule has 1 aromatic rings. The van der Waals surface area contributed by atoms with E-state index in [1.54, 1.807) is 18.2 Å². The molecule has 0 spiro atoms. The van der Waals surface area contributed by atoms with E-state index in [0.29, 0.717) is 35.7 Å². The Labute approximate surface area is 174 Å². The van der Waals surface area contributed by atoms with Gasteiger partial charge in [-0.2, -0.15) is 0 Å². The van der Waals surface area contributed by atoms with Gasteiger partial charge < -0.3 is 10.4 Å². The number of amides is 2. The van der Waals surface area contributed by atoms with Crippen molar-refractivity contribution in [3.63, 3.8) is 0 Å². The molecule has 8 heteroatoms. The van der Waals surface area contributed by atoms with Crippen LogP contribution in [0.3, 0.4) is 0 Å². The van der Waals surface area contributed by atoms with Crippen molar-refractivity contribution in [2.24, 2.45) is 17.3 Å². The number of carboxylic acids is 1. The number of aliphatic carboxylic acids is 1. The first kappa shape index (κ1) is 21.3. The number of halogens is 1. The Balaban J connectivity index is 1.69. The molecule has 1 saturated heterocycles. The van der Waals surface area contributed by atoms with Gasteiger partial charge in [0.25, 0.3) is 5.91 Å². The third kappa shape index (κ3) is 4.62. The van der Waals surface area contributed by atoms with E-state index < -0.39 is 23.2 Å². The zero-order valence-corrected chi connectivity index (χ0v) is 17.5. The Morgan fingerprint density at radius 1 is 1.34 bits per heavy atom. The van der Waals surface area contributed by atoms with Crippen LogP contribution in [-0.2, 0) is 25.8 Å². The molecule has 1 fully saturated rings. The Morgan fingerprint density at radius 3 is 2.66 bits per heavy atom. The number of carbonyl (C=O) groups excluding carboxylic acids is 2. The van der Waals surface area contributed by atoms with E-state index in [9.17, 15) is 19.5 Å². The smallest absolute Gasteiger partial charge is 0.307 e. The van der Waals surface area contributed by atoms with Crippen molar-refractivity contribution < 1.29 is 24.3 Å². The number of rotatable bonds is 5. The zero-order chi connectivity index (χ0) is 21.3. The number of allylic oxidation sites excluding steroid dienone is 2. The summed E-state index contributed by atoms with van der Waals surface area (Å²) >= 11 is 6.35. The minimum absolute atomic E-state index is 0.105. The molecule has 1 heterocycles. The van der Waals surface area contributed by atoms with Crippen molar-refractivity contribution in [1.29, 1.82) is 0 Å². The second-order valence-electron chi connectivity index (χ2n) is 8.34. The van der Waals surface area contributed by atoms with Crippen LogP contribution < -0.4 is 5.32 Å². The van der Waals surface area contributed by atoms with Gasteiger partial charge in [-0.3, -0.25) is 19.2 Å². The predicted molar refractivity (Wildman–Crippen MR) is 108 cm³/mol. The number of hydrogen-bond donors (Lipinski definition) is 2. The van der Waals surface area contributed by atoms with Gasteiger partial charge in [-0.15, -0.1) is 0 Å². The van der Waals surface area contributed by atoms with Crippen molar-refractivity contribution >= 4 is 35.1 Å². The highest BCUT2D eigenvalue weighted by molar-refractivity contribution is 6.31. The SMILES string of the molecule is CC1=CC[C@H](C(=O)O)[C@@H](C(=O)Nc2ccc(CN3OCC(C)(C)C3=O)c(Cl)c2)C1. The predicted octanol–water partition coefficient (Wildman–Crippen LogP) is 3.64. The lowest BCUT2D eigenvalue weighted by molar-refractivity contribution is -0.165. The van der Waals surface area contributed by atoms with Gasteiger partial charge in [-0.05, 0) is 51.3 Å². The topological polar surface area (TPSA) is 95.9 Å². The summed E-state index contributed by atoms with van der Waals surface area (Å²) in [7, 11) is 0. The number of nitrogens with one attached hydrogen (secondary N) is 1. The van der Waals surface area contributed by atoms with E-state index >= 15 is 0 Å². The molecule has 0 aromatic heterocycles. The second-order valence-corrected chi connectivity index (χ2v) is 8.74. The van der Waals surface area contributed by atoms with Crippen molar-refractivity contribution in [2.45, 2.75) is 40.2 Å². The third-order valence-corrected chi connectivity index (χ3v) is 5.77. The van der Waals surface area contributed by atoms with E-state index in [-0.39, 0.29) is 18.4 Å². The molecule has 0 radical (unpaired) electrons. The van der Waals surface area contributed by atoms with Crippen LogP contribution in [0.15, 0.2) is 29.8 Å². The quantitative estimate of drug-likeness (QED) is 0.709. The maximum Gasteiger partial charge on any atom is 0.307 e. The van der Waals surface area contributed by atoms with Crippen LogP contribution in [0.4, 0.5) is 5.69 Å². The highest BCUT2D eigenvalue weighted by Crippen LogP contribution is 2.33. The van der Waals surface area contributed by atoms with Crippen LogP contribution in [0, 0.1) is 17.3 Å². The highest BCUT2D eigenvalue weighted by atomic mass is 35.5. The number of carbonyl (C=O) groups is 3. The van der Waals surface area contributed by atoms with E-state index in [1.807, 2.05) is 26.8 Å². The van der Waals surface area contributed by atoms with Crippen LogP contribution in [0.2, 0.25) is 5.02 Å². The van der Waals surface area contributed by atoms with Gasteiger partial charge in [-0.1, -0.05) is 29.3 Å². The monoisotopic (exact) mass is 420 g/mol. The van der Waals surface area contributed by atoms with E-state index in [2.05, 4.69) is 5.32 Å². The minimum Gasteiger partial charge on any atom is -0.481 e. The summed E-state index contributed by atoms with van der Waals surface area (Å²) in [5.74, 6) is -2.79. The van der Waals surface area contributed by atoms with Crippen molar-refractivity contribution in [3.05, 3.63) is 40.4 Å². The van der Waals surface area contributed by atoms with Gasteiger partial charge in [0.15, 0.2) is 0 Å². The molecule has 0 saturated carbocycles. The molecular formula is C21H25ClN2O5. The first-order chi connectivity index (χ1) is 13.6. The summed E-state index contributed by atoms with van der Waals surface area (Å²) in [6.45, 7) is 6.07. The van der Waals surface area contributed by atoms with Gasteiger partial charge in [0, 0.05) is 10.7 Å². The molecule has 2 amide bonds. The highest BCUT2D eigenvalue weighted by Gasteiger charge is 2.40. The largest absolute Gasteiger partial charge is 0.481 e. The Kier molecular flexibility index (Phi) is 6.00. The normalized spacial score (nSPS) is 23.7. The molecule has 0 bridgehead atoms. The number of hydrogen-bond acceptors (Lipinski definition) is 4. The van der Waals surface area contributed by atoms with Crippen LogP contribution in [0.1, 0.15) is 39.2 Å². The van der Waals surface area contributed by atoms with Crippen LogP contribution in [0.5, 0.6) is 0 Å². The van der Waals surface area contributed by atoms with Crippen molar-refractivity contribution in [2.75, 3.05) is 11.9 Å². The Morgan fingerprint density at radius 2 is 2.07 bits per heavy atom. The molecule has 1 aliphatic heterocycles. The lowest BCUT2D eigenvalue weighted by Gasteiger charge is -2.26. The van der Waals surface area contributed by atoms with Crippen molar-refractivity contribution in [3.8, 4) is 0 Å². The number of hydroxylamine groups is 2. The van der Waals surface area contributed by atoms with Crippen LogP contribution in [0.25, 0.3) is 0 Å². The van der Waals surface area contributed by atoms with Crippen LogP contribution in [-0.4, -0.2) is 34.6 Å². The molecule has 3 rings (SSSR count). The third-order valence-electron chi connectivity index (χ3n) is 5.42. The maximum atomic E-state index is 12.7. The first-order valence-corrected chi connectivity index (χ1v) is 9.89. The molecule has 2 N–H and O–H groups in total. The summed E-state index contributed by atoms with van der Waals surface area (Å²) in [6.07, 6.45) is 2.63. The molecule has 2 atom stereocenters. The van der Waals surface area contributed by atoms with Crippen LogP contribution >= 0.6 is 11.6 Å². The molecule has 156 valence electrons. The minimum atomic E-state index is -0.972. The molecule has 2 aliphatic rings. The van der Waals surface area contributed by atoms with E-state index in [1.165, 1.54) is 5.06 Å². The van der Waals surface area contributed by atoms with Gasteiger partial charge in [0.1, 0.15) is 0 Å². The lowest BCUT2D eigenvalue weighted by atomic mass is 9.79. The fourth-order valence-corrected chi connectivity index (χ4v) is 3.81. The summed E-state index contributed by atoms with van der Waals surface area (Å²) in [5.41, 5.74) is 1.62. The average Bonchev–Trinajstić information content (AvgIpc) is 2.90. The molecule has 1 aromatic carbocycles. The number of anilines is 1. The molecular weight excluding hydrogens is 396 g/mol.